The van der Waals surface area contributed by atoms with Gasteiger partial charge >= 0.3 is 0 Å². The number of carbonyl (C=O) groups excluding carboxylic acids is 2. The molecule has 25 heavy (non-hydrogen) atoms. The summed E-state index contributed by atoms with van der Waals surface area (Å²) in [4.78, 5) is 21.8. The molecule has 0 spiro atoms. The largest absolute Gasteiger partial charge is 0.294 e. The highest BCUT2D eigenvalue weighted by atomic mass is 16.2. The topological polar surface area (TPSA) is 110 Å². The van der Waals surface area contributed by atoms with E-state index in [0.29, 0.717) is 12.8 Å². The molecule has 6 N–H and O–H groups in total. The molecule has 0 aromatic heterocycles. The van der Waals surface area contributed by atoms with Gasteiger partial charge in [-0.2, -0.15) is 0 Å². The van der Waals surface area contributed by atoms with Crippen molar-refractivity contribution in [3.63, 3.8) is 0 Å². The Kier molecular flexibility index (Phi) is 17.4. The summed E-state index contributed by atoms with van der Waals surface area (Å²) in [5.74, 6) is 9.89. The number of unbranched alkanes of at least 4 members (excludes halogenated alkanes) is 8. The van der Waals surface area contributed by atoms with Crippen molar-refractivity contribution in [2.24, 2.45) is 11.7 Å². The van der Waals surface area contributed by atoms with Crippen LogP contribution in [-0.2, 0) is 9.59 Å². The maximum Gasteiger partial charge on any atom is 0.233 e. The Morgan fingerprint density at radius 1 is 0.600 bits per heavy atom. The molecule has 0 aliphatic rings. The van der Waals surface area contributed by atoms with E-state index in [1.54, 1.807) is 0 Å². The van der Waals surface area contributed by atoms with E-state index in [2.05, 4.69) is 35.2 Å². The number of amides is 2. The lowest BCUT2D eigenvalue weighted by molar-refractivity contribution is -0.122. The van der Waals surface area contributed by atoms with Gasteiger partial charge in [0.05, 0.1) is 0 Å². The average Bonchev–Trinajstić information content (AvgIpc) is 2.63. The van der Waals surface area contributed by atoms with Crippen LogP contribution in [0.25, 0.3) is 0 Å². The first-order chi connectivity index (χ1) is 12.2. The molecular weight excluding hydrogens is 316 g/mol. The van der Waals surface area contributed by atoms with Gasteiger partial charge in [-0.3, -0.25) is 20.4 Å². The maximum absolute atomic E-state index is 10.9. The van der Waals surface area contributed by atoms with Crippen LogP contribution >= 0.6 is 0 Å². The van der Waals surface area contributed by atoms with Crippen molar-refractivity contribution in [1.82, 2.24) is 10.9 Å². The Hall–Kier alpha value is -1.66. The smallest absolute Gasteiger partial charge is 0.233 e. The summed E-state index contributed by atoms with van der Waals surface area (Å²) in [5.41, 5.74) is 4.30. The van der Waals surface area contributed by atoms with Crippen molar-refractivity contribution in [3.8, 4) is 0 Å². The first-order valence-electron chi connectivity index (χ1n) is 9.49. The number of rotatable bonds is 16. The summed E-state index contributed by atoms with van der Waals surface area (Å²) in [6, 6.07) is 0. The van der Waals surface area contributed by atoms with Crippen molar-refractivity contribution >= 4 is 11.8 Å². The Balaban J connectivity index is 3.27. The molecule has 6 heteroatoms. The highest BCUT2D eigenvalue weighted by molar-refractivity contribution is 5.75. The molecule has 0 aromatic rings. The Morgan fingerprint density at radius 3 is 1.40 bits per heavy atom. The van der Waals surface area contributed by atoms with Gasteiger partial charge < -0.3 is 0 Å². The SMILES string of the molecule is NNC(=O)CCCCCC/C=C/C/C=C/CCCCCCC(=O)NN. The average molecular weight is 353 g/mol. The molecule has 0 atom stereocenters. The molecule has 0 aromatic carbocycles. The zero-order valence-electron chi connectivity index (χ0n) is 15.5. The molecule has 144 valence electrons. The Morgan fingerprint density at radius 2 is 1.00 bits per heavy atom. The first-order valence-corrected chi connectivity index (χ1v) is 9.49. The third-order valence-electron chi connectivity index (χ3n) is 3.98. The fourth-order valence-electron chi connectivity index (χ4n) is 2.45. The summed E-state index contributed by atoms with van der Waals surface area (Å²) in [6.45, 7) is 0. The van der Waals surface area contributed by atoms with Gasteiger partial charge in [0.15, 0.2) is 0 Å². The normalized spacial score (nSPS) is 11.3. The van der Waals surface area contributed by atoms with Crippen molar-refractivity contribution in [2.75, 3.05) is 0 Å². The predicted molar refractivity (Wildman–Crippen MR) is 103 cm³/mol. The molecular formula is C19H36N4O2. The minimum atomic E-state index is -0.0781. The molecule has 0 aliphatic carbocycles. The van der Waals surface area contributed by atoms with Gasteiger partial charge in [0.2, 0.25) is 11.8 Å². The fourth-order valence-corrected chi connectivity index (χ4v) is 2.45. The van der Waals surface area contributed by atoms with E-state index in [0.717, 1.165) is 57.8 Å². The second-order valence-electron chi connectivity index (χ2n) is 6.22. The van der Waals surface area contributed by atoms with Crippen LogP contribution in [0.2, 0.25) is 0 Å². The summed E-state index contributed by atoms with van der Waals surface area (Å²) in [5, 5.41) is 0. The number of nitrogens with one attached hydrogen (secondary N) is 2. The Bertz CT molecular complexity index is 359. The second kappa shape index (κ2) is 18.7. The number of hydrogen-bond donors (Lipinski definition) is 4. The van der Waals surface area contributed by atoms with Gasteiger partial charge in [0.25, 0.3) is 0 Å². The van der Waals surface area contributed by atoms with Crippen LogP contribution in [0.4, 0.5) is 0 Å². The quantitative estimate of drug-likeness (QED) is 0.112. The van der Waals surface area contributed by atoms with Gasteiger partial charge in [-0.25, -0.2) is 11.7 Å². The monoisotopic (exact) mass is 352 g/mol. The molecule has 6 nitrogen and oxygen atoms in total. The molecule has 2 amide bonds. The molecule has 0 rings (SSSR count). The van der Waals surface area contributed by atoms with E-state index in [1.807, 2.05) is 0 Å². The number of allylic oxidation sites excluding steroid dienone is 4. The van der Waals surface area contributed by atoms with E-state index in [1.165, 1.54) is 12.8 Å². The van der Waals surface area contributed by atoms with Crippen molar-refractivity contribution in [2.45, 2.75) is 83.5 Å². The highest BCUT2D eigenvalue weighted by Gasteiger charge is 1.97. The van der Waals surface area contributed by atoms with Gasteiger partial charge in [0, 0.05) is 12.8 Å². The lowest BCUT2D eigenvalue weighted by atomic mass is 10.1. The molecule has 0 saturated heterocycles. The zero-order chi connectivity index (χ0) is 18.6. The van der Waals surface area contributed by atoms with Crippen molar-refractivity contribution in [3.05, 3.63) is 24.3 Å². The van der Waals surface area contributed by atoms with E-state index >= 15 is 0 Å². The standard InChI is InChI=1S/C19H36N4O2/c20-22-18(24)16-14-12-10-8-6-4-2-1-3-5-7-9-11-13-15-17-19(25)23-21/h2-5H,1,6-17,20-21H2,(H,22,24)(H,23,25)/b4-2+,5-3+. The molecule has 0 saturated carbocycles. The lowest BCUT2D eigenvalue weighted by Gasteiger charge is -1.99. The van der Waals surface area contributed by atoms with Gasteiger partial charge in [0.1, 0.15) is 0 Å². The van der Waals surface area contributed by atoms with Gasteiger partial charge in [-0.15, -0.1) is 0 Å². The van der Waals surface area contributed by atoms with Gasteiger partial charge in [-0.1, -0.05) is 50.0 Å². The number of hydrazine groups is 2. The van der Waals surface area contributed by atoms with Crippen LogP contribution in [0.3, 0.4) is 0 Å². The van der Waals surface area contributed by atoms with Crippen LogP contribution in [0.15, 0.2) is 24.3 Å². The number of hydrogen-bond acceptors (Lipinski definition) is 4. The zero-order valence-corrected chi connectivity index (χ0v) is 15.5. The van der Waals surface area contributed by atoms with Crippen LogP contribution in [0, 0.1) is 0 Å². The van der Waals surface area contributed by atoms with Crippen molar-refractivity contribution in [1.29, 1.82) is 0 Å². The van der Waals surface area contributed by atoms with E-state index < -0.39 is 0 Å². The molecule has 0 radical (unpaired) electrons. The van der Waals surface area contributed by atoms with E-state index in [-0.39, 0.29) is 11.8 Å². The number of nitrogens with two attached hydrogens (primary N) is 2. The summed E-state index contributed by atoms with van der Waals surface area (Å²) in [6.07, 6.45) is 21.8. The first kappa shape index (κ1) is 23.3. The summed E-state index contributed by atoms with van der Waals surface area (Å²) < 4.78 is 0. The summed E-state index contributed by atoms with van der Waals surface area (Å²) >= 11 is 0. The third kappa shape index (κ3) is 18.5. The van der Waals surface area contributed by atoms with Crippen molar-refractivity contribution < 1.29 is 9.59 Å². The highest BCUT2D eigenvalue weighted by Crippen LogP contribution is 2.07. The molecule has 0 unspecified atom stereocenters. The molecule has 0 bridgehead atoms. The predicted octanol–water partition coefficient (Wildman–Crippen LogP) is 3.15. The van der Waals surface area contributed by atoms with Crippen LogP contribution in [-0.4, -0.2) is 11.8 Å². The third-order valence-corrected chi connectivity index (χ3v) is 3.98. The van der Waals surface area contributed by atoms with E-state index in [4.69, 9.17) is 11.7 Å². The second-order valence-corrected chi connectivity index (χ2v) is 6.22. The molecule has 0 fully saturated rings. The molecule has 0 heterocycles. The van der Waals surface area contributed by atoms with E-state index in [9.17, 15) is 9.59 Å². The minimum Gasteiger partial charge on any atom is -0.294 e. The van der Waals surface area contributed by atoms with Crippen LogP contribution in [0.1, 0.15) is 83.5 Å². The molecule has 0 aliphatic heterocycles. The minimum absolute atomic E-state index is 0.0781. The fraction of sp³-hybridized carbons (Fsp3) is 0.684. The summed E-state index contributed by atoms with van der Waals surface area (Å²) in [7, 11) is 0. The van der Waals surface area contributed by atoms with Crippen LogP contribution in [0.5, 0.6) is 0 Å². The van der Waals surface area contributed by atoms with Crippen LogP contribution < -0.4 is 22.5 Å². The van der Waals surface area contributed by atoms with Gasteiger partial charge in [-0.05, 0) is 44.9 Å². The maximum atomic E-state index is 10.9. The Labute approximate surface area is 152 Å². The lowest BCUT2D eigenvalue weighted by Crippen LogP contribution is -2.29. The number of carbonyl (C=O) groups is 2.